The number of hydrogen-bond acceptors (Lipinski definition) is 10. The van der Waals surface area contributed by atoms with Crippen LogP contribution in [0.4, 0.5) is 0 Å². The van der Waals surface area contributed by atoms with Crippen LogP contribution in [0.3, 0.4) is 0 Å². The lowest BCUT2D eigenvalue weighted by Gasteiger charge is -2.19. The van der Waals surface area contributed by atoms with E-state index in [1.807, 2.05) is 12.1 Å². The molecular formula is C22H25N9O4S2. The Morgan fingerprint density at radius 2 is 1.92 bits per heavy atom. The molecule has 1 fully saturated rings. The van der Waals surface area contributed by atoms with Gasteiger partial charge in [0.05, 0.1) is 24.0 Å². The molecule has 2 aromatic carbocycles. The Hall–Kier alpha value is -3.34. The molecule has 0 aliphatic carbocycles. The number of hydrogen-bond donors (Lipinski definition) is 5. The molecule has 7 N–H and O–H groups in total. The number of H-pyrrole nitrogens is 1. The van der Waals surface area contributed by atoms with Crippen LogP contribution >= 0.6 is 0 Å². The maximum absolute atomic E-state index is 13.4. The van der Waals surface area contributed by atoms with Gasteiger partial charge in [0.1, 0.15) is 15.6 Å². The molecule has 3 aromatic rings. The van der Waals surface area contributed by atoms with Crippen LogP contribution in [-0.2, 0) is 26.6 Å². The van der Waals surface area contributed by atoms with Gasteiger partial charge in [0.25, 0.3) is 0 Å². The maximum atomic E-state index is 13.4. The lowest BCUT2D eigenvalue weighted by Crippen LogP contribution is -2.37. The van der Waals surface area contributed by atoms with Gasteiger partial charge in [0, 0.05) is 18.2 Å². The molecule has 0 radical (unpaired) electrons. The molecule has 0 spiro atoms. The van der Waals surface area contributed by atoms with E-state index in [0.29, 0.717) is 42.2 Å². The summed E-state index contributed by atoms with van der Waals surface area (Å²) in [5, 5.41) is 16.5. The normalized spacial score (nSPS) is 17.9. The smallest absolute Gasteiger partial charge is 0.242 e. The van der Waals surface area contributed by atoms with Crippen molar-refractivity contribution in [2.75, 3.05) is 19.8 Å². The van der Waals surface area contributed by atoms with Crippen molar-refractivity contribution in [3.63, 3.8) is 0 Å². The van der Waals surface area contributed by atoms with Crippen molar-refractivity contribution in [3.05, 3.63) is 54.0 Å². The zero-order valence-electron chi connectivity index (χ0n) is 19.5. The van der Waals surface area contributed by atoms with Crippen molar-refractivity contribution >= 4 is 25.9 Å². The Morgan fingerprint density at radius 3 is 2.57 bits per heavy atom. The molecular weight excluding hydrogens is 518 g/mol. The number of aliphatic imine (C=N–C) groups is 1. The zero-order chi connectivity index (χ0) is 26.2. The van der Waals surface area contributed by atoms with Gasteiger partial charge in [-0.05, 0) is 36.2 Å². The van der Waals surface area contributed by atoms with E-state index < -0.39 is 29.8 Å². The first-order chi connectivity index (χ1) is 17.7. The van der Waals surface area contributed by atoms with Gasteiger partial charge in [-0.25, -0.2) is 36.7 Å². The number of nitrogens with zero attached hydrogens (tertiary/aromatic N) is 4. The largest absolute Gasteiger partial charge is 0.341 e. The Kier molecular flexibility index (Phi) is 6.74. The number of azo groups is 1. The molecule has 0 unspecified atom stereocenters. The van der Waals surface area contributed by atoms with Crippen LogP contribution in [0.1, 0.15) is 17.8 Å². The topological polar surface area (TPSA) is 210 Å². The number of benzene rings is 2. The quantitative estimate of drug-likeness (QED) is 0.274. The molecule has 2 aliphatic heterocycles. The molecule has 0 amide bonds. The SMILES string of the molecule is NCc1ncc(-c2cccc(-c3ccc(S(=O)(=O)N[C@@H]4CCNC4)c(S(N)(=O)=O)c3C3=NCN=N3)c2)[nH]1. The van der Waals surface area contributed by atoms with Crippen molar-refractivity contribution in [1.29, 1.82) is 0 Å². The second kappa shape index (κ2) is 9.85. The predicted octanol–water partition coefficient (Wildman–Crippen LogP) is 0.660. The van der Waals surface area contributed by atoms with Crippen LogP contribution in [0.25, 0.3) is 22.4 Å². The van der Waals surface area contributed by atoms with Crippen molar-refractivity contribution in [3.8, 4) is 22.4 Å². The molecule has 1 atom stereocenters. The van der Waals surface area contributed by atoms with Gasteiger partial charge in [-0.1, -0.05) is 24.3 Å². The predicted molar refractivity (Wildman–Crippen MR) is 137 cm³/mol. The Bertz CT molecular complexity index is 1620. The molecule has 2 aliphatic rings. The number of aromatic nitrogens is 2. The third kappa shape index (κ3) is 5.09. The average molecular weight is 544 g/mol. The van der Waals surface area contributed by atoms with Crippen LogP contribution < -0.4 is 20.9 Å². The van der Waals surface area contributed by atoms with Crippen molar-refractivity contribution in [2.24, 2.45) is 26.1 Å². The molecule has 0 bridgehead atoms. The van der Waals surface area contributed by atoms with E-state index in [2.05, 4.69) is 35.2 Å². The fourth-order valence-electron chi connectivity index (χ4n) is 4.38. The van der Waals surface area contributed by atoms with Gasteiger partial charge >= 0.3 is 0 Å². The molecule has 194 valence electrons. The molecule has 5 rings (SSSR count). The maximum Gasteiger partial charge on any atom is 0.242 e. The van der Waals surface area contributed by atoms with E-state index in [4.69, 9.17) is 10.9 Å². The van der Waals surface area contributed by atoms with E-state index in [-0.39, 0.29) is 30.7 Å². The number of aromatic amines is 1. The number of imidazole rings is 1. The second-order valence-corrected chi connectivity index (χ2v) is 11.7. The van der Waals surface area contributed by atoms with Gasteiger partial charge in [-0.3, -0.25) is 0 Å². The highest BCUT2D eigenvalue weighted by atomic mass is 32.2. The fraction of sp³-hybridized carbons (Fsp3) is 0.273. The van der Waals surface area contributed by atoms with E-state index in [1.165, 1.54) is 12.1 Å². The molecule has 1 saturated heterocycles. The summed E-state index contributed by atoms with van der Waals surface area (Å²) in [4.78, 5) is 10.5. The standard InChI is InChI=1S/C22H25N9O4S2/c23-9-19-26-11-17(29-19)14-3-1-2-13(8-14)16-4-5-18(37(34,35)31-15-6-7-25-10-15)21(36(24,32)33)20(16)22-27-12-28-30-22/h1-5,8,11,15,25,31H,6-7,9-10,12,23H2,(H,26,29)(H2,24,32,33)/t15-/m1/s1. The summed E-state index contributed by atoms with van der Waals surface area (Å²) in [5.41, 5.74) is 8.07. The third-order valence-electron chi connectivity index (χ3n) is 6.06. The zero-order valence-corrected chi connectivity index (χ0v) is 21.2. The molecule has 37 heavy (non-hydrogen) atoms. The van der Waals surface area contributed by atoms with Crippen molar-refractivity contribution in [1.82, 2.24) is 20.0 Å². The monoisotopic (exact) mass is 543 g/mol. The third-order valence-corrected chi connectivity index (χ3v) is 8.74. The number of rotatable bonds is 8. The number of nitrogens with one attached hydrogen (secondary N) is 3. The Morgan fingerprint density at radius 1 is 1.11 bits per heavy atom. The van der Waals surface area contributed by atoms with E-state index in [9.17, 15) is 16.8 Å². The van der Waals surface area contributed by atoms with Crippen LogP contribution in [0.2, 0.25) is 0 Å². The second-order valence-electron chi connectivity index (χ2n) is 8.56. The molecule has 15 heteroatoms. The van der Waals surface area contributed by atoms with Crippen molar-refractivity contribution < 1.29 is 16.8 Å². The molecule has 13 nitrogen and oxygen atoms in total. The Labute approximate surface area is 213 Å². The summed E-state index contributed by atoms with van der Waals surface area (Å²) < 4.78 is 55.2. The minimum atomic E-state index is -4.56. The highest BCUT2D eigenvalue weighted by Crippen LogP contribution is 2.36. The number of amidine groups is 1. The highest BCUT2D eigenvalue weighted by molar-refractivity contribution is 7.92. The number of sulfonamides is 2. The summed E-state index contributed by atoms with van der Waals surface area (Å²) in [6.07, 6.45) is 2.22. The first-order valence-corrected chi connectivity index (χ1v) is 14.4. The van der Waals surface area contributed by atoms with Gasteiger partial charge in [-0.15, -0.1) is 5.11 Å². The van der Waals surface area contributed by atoms with Gasteiger partial charge in [-0.2, -0.15) is 5.11 Å². The minimum absolute atomic E-state index is 0.0160. The van der Waals surface area contributed by atoms with Gasteiger partial charge in [0.15, 0.2) is 12.5 Å². The first-order valence-electron chi connectivity index (χ1n) is 11.4. The Balaban J connectivity index is 1.72. The molecule has 3 heterocycles. The lowest BCUT2D eigenvalue weighted by molar-refractivity contribution is 0.555. The minimum Gasteiger partial charge on any atom is -0.341 e. The van der Waals surface area contributed by atoms with Crippen LogP contribution in [-0.4, -0.2) is 58.4 Å². The summed E-state index contributed by atoms with van der Waals surface area (Å²) in [5.74, 6) is 0.591. The average Bonchev–Trinajstić information content (AvgIpc) is 3.65. The molecule has 0 saturated carbocycles. The van der Waals surface area contributed by atoms with Gasteiger partial charge in [0.2, 0.25) is 20.0 Å². The fourth-order valence-corrected chi connectivity index (χ4v) is 7.26. The summed E-state index contributed by atoms with van der Waals surface area (Å²) in [6.45, 7) is 1.31. The van der Waals surface area contributed by atoms with E-state index in [1.54, 1.807) is 18.3 Å². The van der Waals surface area contributed by atoms with Gasteiger partial charge < -0.3 is 16.0 Å². The summed E-state index contributed by atoms with van der Waals surface area (Å²) in [7, 11) is -8.82. The first kappa shape index (κ1) is 25.3. The highest BCUT2D eigenvalue weighted by Gasteiger charge is 2.34. The summed E-state index contributed by atoms with van der Waals surface area (Å²) in [6, 6.07) is 9.59. The van der Waals surface area contributed by atoms with Crippen LogP contribution in [0, 0.1) is 0 Å². The number of primary sulfonamides is 1. The van der Waals surface area contributed by atoms with E-state index in [0.717, 1.165) is 5.56 Å². The summed E-state index contributed by atoms with van der Waals surface area (Å²) >= 11 is 0. The molecule has 1 aromatic heterocycles. The van der Waals surface area contributed by atoms with Crippen LogP contribution in [0.15, 0.2) is 67.6 Å². The number of nitrogens with two attached hydrogens (primary N) is 2. The van der Waals surface area contributed by atoms with Crippen LogP contribution in [0.5, 0.6) is 0 Å². The lowest BCUT2D eigenvalue weighted by atomic mass is 9.96. The van der Waals surface area contributed by atoms with Crippen molar-refractivity contribution in [2.45, 2.75) is 28.8 Å². The van der Waals surface area contributed by atoms with E-state index >= 15 is 0 Å².